The zero-order chi connectivity index (χ0) is 19.0. The van der Waals surface area contributed by atoms with Crippen molar-refractivity contribution in [1.29, 1.82) is 0 Å². The minimum atomic E-state index is -3.51. The maximum absolute atomic E-state index is 12.3. The Balaban J connectivity index is 1.89. The first-order chi connectivity index (χ1) is 12.4. The number of rotatable bonds is 9. The first kappa shape index (κ1) is 19.9. The lowest BCUT2D eigenvalue weighted by atomic mass is 10.0. The van der Waals surface area contributed by atoms with Crippen LogP contribution in [0.2, 0.25) is 0 Å². The number of hydrogen-bond acceptors (Lipinski definition) is 5. The zero-order valence-electron chi connectivity index (χ0n) is 14.9. The van der Waals surface area contributed by atoms with Crippen LogP contribution in [0.3, 0.4) is 0 Å². The topological polar surface area (TPSA) is 84.5 Å². The first-order valence-electron chi connectivity index (χ1n) is 8.46. The molecule has 0 spiro atoms. The summed E-state index contributed by atoms with van der Waals surface area (Å²) in [5.74, 6) is -0.298. The summed E-state index contributed by atoms with van der Waals surface area (Å²) in [4.78, 5) is 11.6. The van der Waals surface area contributed by atoms with Crippen LogP contribution in [0.25, 0.3) is 0 Å². The van der Waals surface area contributed by atoms with Gasteiger partial charge >= 0.3 is 5.97 Å². The molecule has 0 aliphatic rings. The van der Waals surface area contributed by atoms with E-state index < -0.39 is 10.0 Å². The zero-order valence-corrected chi connectivity index (χ0v) is 15.8. The molecule has 0 bridgehead atoms. The van der Waals surface area contributed by atoms with Crippen LogP contribution in [-0.2, 0) is 19.6 Å². The van der Waals surface area contributed by atoms with Gasteiger partial charge in [-0.2, -0.15) is 0 Å². The highest BCUT2D eigenvalue weighted by molar-refractivity contribution is 7.89. The van der Waals surface area contributed by atoms with E-state index in [1.165, 1.54) is 0 Å². The van der Waals surface area contributed by atoms with Gasteiger partial charge in [-0.25, -0.2) is 13.1 Å². The largest absolute Gasteiger partial charge is 0.465 e. The molecular formula is C19H24N2O4S. The highest BCUT2D eigenvalue weighted by Gasteiger charge is 2.15. The monoisotopic (exact) mass is 376 g/mol. The van der Waals surface area contributed by atoms with Crippen molar-refractivity contribution in [3.8, 4) is 0 Å². The molecule has 0 amide bonds. The van der Waals surface area contributed by atoms with Gasteiger partial charge in [0.25, 0.3) is 0 Å². The molecule has 0 radical (unpaired) electrons. The van der Waals surface area contributed by atoms with Crippen LogP contribution in [0.1, 0.15) is 25.3 Å². The van der Waals surface area contributed by atoms with Crippen LogP contribution in [-0.4, -0.2) is 34.1 Å². The van der Waals surface area contributed by atoms with Gasteiger partial charge in [0.15, 0.2) is 0 Å². The molecule has 0 heterocycles. The van der Waals surface area contributed by atoms with Crippen molar-refractivity contribution in [3.63, 3.8) is 0 Å². The van der Waals surface area contributed by atoms with Crippen LogP contribution >= 0.6 is 0 Å². The molecule has 140 valence electrons. The second kappa shape index (κ2) is 9.35. The molecule has 7 heteroatoms. The molecule has 0 aliphatic carbocycles. The fourth-order valence-corrected chi connectivity index (χ4v) is 3.50. The van der Waals surface area contributed by atoms with Crippen LogP contribution in [0.5, 0.6) is 0 Å². The fourth-order valence-electron chi connectivity index (χ4n) is 2.35. The molecule has 0 aliphatic heterocycles. The number of nitrogens with one attached hydrogen (secondary N) is 2. The Labute approximate surface area is 154 Å². The molecule has 2 N–H and O–H groups in total. The van der Waals surface area contributed by atoms with E-state index in [0.29, 0.717) is 13.2 Å². The summed E-state index contributed by atoms with van der Waals surface area (Å²) >= 11 is 0. The van der Waals surface area contributed by atoms with Crippen molar-refractivity contribution in [2.75, 3.05) is 25.0 Å². The summed E-state index contributed by atoms with van der Waals surface area (Å²) in [7, 11) is -3.51. The van der Waals surface area contributed by atoms with Crippen molar-refractivity contribution in [2.45, 2.75) is 24.7 Å². The summed E-state index contributed by atoms with van der Waals surface area (Å²) in [6, 6.07) is 15.8. The lowest BCUT2D eigenvalue weighted by molar-refractivity contribution is -0.140. The van der Waals surface area contributed by atoms with Gasteiger partial charge < -0.3 is 10.1 Å². The maximum Gasteiger partial charge on any atom is 0.325 e. The first-order valence-corrected chi connectivity index (χ1v) is 9.95. The highest BCUT2D eigenvalue weighted by Crippen LogP contribution is 2.18. The number of carbonyl (C=O) groups excluding carboxylic acids is 1. The van der Waals surface area contributed by atoms with E-state index in [0.717, 1.165) is 11.3 Å². The molecule has 2 aromatic carbocycles. The normalized spacial score (nSPS) is 12.4. The molecule has 26 heavy (non-hydrogen) atoms. The number of benzene rings is 2. The minimum Gasteiger partial charge on any atom is -0.465 e. The van der Waals surface area contributed by atoms with E-state index in [1.807, 2.05) is 31.2 Å². The van der Waals surface area contributed by atoms with Gasteiger partial charge in [-0.3, -0.25) is 4.79 Å². The van der Waals surface area contributed by atoms with E-state index in [-0.39, 0.29) is 23.3 Å². The van der Waals surface area contributed by atoms with Gasteiger partial charge in [0, 0.05) is 12.2 Å². The third-order valence-corrected chi connectivity index (χ3v) is 5.29. The number of anilines is 1. The summed E-state index contributed by atoms with van der Waals surface area (Å²) in [6.07, 6.45) is 0. The highest BCUT2D eigenvalue weighted by atomic mass is 32.2. The van der Waals surface area contributed by atoms with Crippen molar-refractivity contribution in [2.24, 2.45) is 0 Å². The second-order valence-electron chi connectivity index (χ2n) is 5.85. The number of sulfonamides is 1. The smallest absolute Gasteiger partial charge is 0.325 e. The predicted octanol–water partition coefficient (Wildman–Crippen LogP) is 2.74. The predicted molar refractivity (Wildman–Crippen MR) is 102 cm³/mol. The molecule has 6 nitrogen and oxygen atoms in total. The summed E-state index contributed by atoms with van der Waals surface area (Å²) in [5, 5.41) is 2.99. The van der Waals surface area contributed by atoms with Gasteiger partial charge in [0.1, 0.15) is 6.54 Å². The van der Waals surface area contributed by atoms with Crippen LogP contribution in [0.4, 0.5) is 5.69 Å². The Hall–Kier alpha value is -2.38. The number of esters is 1. The Bertz CT molecular complexity index is 805. The lowest BCUT2D eigenvalue weighted by Crippen LogP contribution is -2.27. The molecular weight excluding hydrogens is 352 g/mol. The van der Waals surface area contributed by atoms with Gasteiger partial charge in [0.05, 0.1) is 11.5 Å². The molecule has 0 aromatic heterocycles. The van der Waals surface area contributed by atoms with Gasteiger partial charge in [-0.1, -0.05) is 37.3 Å². The standard InChI is InChI=1S/C19H24N2O4S/c1-3-25-19(22)14-20-17-11-9-16(10-12-17)15(2)13-21-26(23,24)18-7-5-4-6-8-18/h4-12,15,20-21H,3,13-14H2,1-2H3. The lowest BCUT2D eigenvalue weighted by Gasteiger charge is -2.14. The Kier molecular flexibility index (Phi) is 7.17. The molecule has 0 saturated carbocycles. The SMILES string of the molecule is CCOC(=O)CNc1ccc(C(C)CNS(=O)(=O)c2ccccc2)cc1. The van der Waals surface area contributed by atoms with Crippen molar-refractivity contribution >= 4 is 21.7 Å². The van der Waals surface area contributed by atoms with Crippen molar-refractivity contribution in [3.05, 3.63) is 60.2 Å². The minimum absolute atomic E-state index is 0.00703. The van der Waals surface area contributed by atoms with Crippen LogP contribution < -0.4 is 10.0 Å². The van der Waals surface area contributed by atoms with Gasteiger partial charge in [0.2, 0.25) is 10.0 Å². The second-order valence-corrected chi connectivity index (χ2v) is 7.61. The third-order valence-electron chi connectivity index (χ3n) is 3.85. The quantitative estimate of drug-likeness (QED) is 0.658. The van der Waals surface area contributed by atoms with Crippen LogP contribution in [0.15, 0.2) is 59.5 Å². The summed E-state index contributed by atoms with van der Waals surface area (Å²) < 4.78 is 32.0. The van der Waals surface area contributed by atoms with Crippen molar-refractivity contribution < 1.29 is 17.9 Å². The Morgan fingerprint density at radius 2 is 1.73 bits per heavy atom. The summed E-state index contributed by atoms with van der Waals surface area (Å²) in [6.45, 7) is 4.48. The van der Waals surface area contributed by atoms with E-state index in [2.05, 4.69) is 10.0 Å². The van der Waals surface area contributed by atoms with Gasteiger partial charge in [-0.05, 0) is 42.7 Å². The van der Waals surface area contributed by atoms with E-state index >= 15 is 0 Å². The fraction of sp³-hybridized carbons (Fsp3) is 0.316. The molecule has 2 rings (SSSR count). The average molecular weight is 376 g/mol. The maximum atomic E-state index is 12.3. The van der Waals surface area contributed by atoms with E-state index in [1.54, 1.807) is 37.3 Å². The van der Waals surface area contributed by atoms with Gasteiger partial charge in [-0.15, -0.1) is 0 Å². The number of ether oxygens (including phenoxy) is 1. The summed E-state index contributed by atoms with van der Waals surface area (Å²) in [5.41, 5.74) is 1.81. The average Bonchev–Trinajstić information content (AvgIpc) is 2.66. The molecule has 0 saturated heterocycles. The molecule has 1 atom stereocenters. The molecule has 2 aromatic rings. The van der Waals surface area contributed by atoms with E-state index in [4.69, 9.17) is 4.74 Å². The number of hydrogen-bond donors (Lipinski definition) is 2. The Morgan fingerprint density at radius 1 is 1.08 bits per heavy atom. The van der Waals surface area contributed by atoms with E-state index in [9.17, 15) is 13.2 Å². The number of carbonyl (C=O) groups is 1. The van der Waals surface area contributed by atoms with Crippen molar-refractivity contribution in [1.82, 2.24) is 4.72 Å². The Morgan fingerprint density at radius 3 is 2.35 bits per heavy atom. The third kappa shape index (κ3) is 5.86. The molecule has 1 unspecified atom stereocenters. The molecule has 0 fully saturated rings. The van der Waals surface area contributed by atoms with Crippen LogP contribution in [0, 0.1) is 0 Å².